The Kier molecular flexibility index (Phi) is 4.45. The van der Waals surface area contributed by atoms with E-state index in [4.69, 9.17) is 21.1 Å². The second kappa shape index (κ2) is 6.39. The number of alkyl halides is 3. The number of aromatic nitrogens is 1. The van der Waals surface area contributed by atoms with Crippen LogP contribution in [0.15, 0.2) is 35.3 Å². The summed E-state index contributed by atoms with van der Waals surface area (Å²) in [5.74, 6) is 0.837. The van der Waals surface area contributed by atoms with E-state index in [0.29, 0.717) is 41.7 Å². The molecule has 8 heteroatoms. The molecular formula is C16H13ClF3NO3. The Labute approximate surface area is 140 Å². The van der Waals surface area contributed by atoms with Crippen LogP contribution >= 0.6 is 11.6 Å². The average molecular weight is 360 g/mol. The Morgan fingerprint density at radius 3 is 2.71 bits per heavy atom. The third-order valence-corrected chi connectivity index (χ3v) is 3.82. The van der Waals surface area contributed by atoms with Gasteiger partial charge < -0.3 is 14.0 Å². The lowest BCUT2D eigenvalue weighted by Gasteiger charge is -2.13. The number of rotatable bonds is 2. The third kappa shape index (κ3) is 3.36. The standard InChI is InChI=1S/C16H13ClF3NO3/c17-12-7-10(8-13-14(12)24-6-2-5-23-13)9-21-4-1-3-11(15(21)22)16(18,19)20/h1,3-4,7-8H,2,5-6,9H2. The fourth-order valence-electron chi connectivity index (χ4n) is 2.45. The summed E-state index contributed by atoms with van der Waals surface area (Å²) < 4.78 is 50.5. The minimum atomic E-state index is -4.69. The Bertz CT molecular complexity index is 817. The maximum absolute atomic E-state index is 12.8. The van der Waals surface area contributed by atoms with Crippen LogP contribution in [0.3, 0.4) is 0 Å². The predicted molar refractivity (Wildman–Crippen MR) is 81.9 cm³/mol. The van der Waals surface area contributed by atoms with Gasteiger partial charge in [-0.3, -0.25) is 4.79 Å². The molecule has 0 amide bonds. The molecule has 1 aromatic heterocycles. The van der Waals surface area contributed by atoms with Crippen molar-refractivity contribution >= 4 is 11.6 Å². The molecule has 0 N–H and O–H groups in total. The Morgan fingerprint density at radius 1 is 1.21 bits per heavy atom. The van der Waals surface area contributed by atoms with Gasteiger partial charge in [0.25, 0.3) is 5.56 Å². The van der Waals surface area contributed by atoms with Gasteiger partial charge in [0.15, 0.2) is 11.5 Å². The summed E-state index contributed by atoms with van der Waals surface area (Å²) in [6.07, 6.45) is -2.69. The predicted octanol–water partition coefficient (Wildman–Crippen LogP) is 3.73. The lowest BCUT2D eigenvalue weighted by Crippen LogP contribution is -2.28. The quantitative estimate of drug-likeness (QED) is 0.820. The number of benzene rings is 1. The maximum Gasteiger partial charge on any atom is 0.421 e. The van der Waals surface area contributed by atoms with E-state index in [9.17, 15) is 18.0 Å². The zero-order chi connectivity index (χ0) is 17.3. The first-order chi connectivity index (χ1) is 11.4. The minimum absolute atomic E-state index is 0.0564. The molecule has 0 saturated heterocycles. The molecule has 4 nitrogen and oxygen atoms in total. The molecule has 0 fully saturated rings. The fraction of sp³-hybridized carbons (Fsp3) is 0.312. The average Bonchev–Trinajstić information content (AvgIpc) is 2.74. The normalized spacial score (nSPS) is 14.3. The van der Waals surface area contributed by atoms with Gasteiger partial charge in [-0.1, -0.05) is 11.6 Å². The van der Waals surface area contributed by atoms with E-state index in [1.165, 1.54) is 12.3 Å². The smallest absolute Gasteiger partial charge is 0.421 e. The van der Waals surface area contributed by atoms with Crippen LogP contribution < -0.4 is 15.0 Å². The van der Waals surface area contributed by atoms with Crippen LogP contribution in [-0.4, -0.2) is 17.8 Å². The van der Waals surface area contributed by atoms with Crippen molar-refractivity contribution in [3.8, 4) is 11.5 Å². The highest BCUT2D eigenvalue weighted by atomic mass is 35.5. The van der Waals surface area contributed by atoms with Crippen LogP contribution in [0.25, 0.3) is 0 Å². The molecule has 2 aromatic rings. The van der Waals surface area contributed by atoms with E-state index in [0.717, 1.165) is 10.6 Å². The van der Waals surface area contributed by atoms with Crippen molar-refractivity contribution in [3.05, 3.63) is 57.0 Å². The maximum atomic E-state index is 12.8. The summed E-state index contributed by atoms with van der Waals surface area (Å²) in [6, 6.07) is 5.13. The van der Waals surface area contributed by atoms with Crippen molar-refractivity contribution in [1.29, 1.82) is 0 Å². The van der Waals surface area contributed by atoms with Crippen LogP contribution in [0.5, 0.6) is 11.5 Å². The first kappa shape index (κ1) is 16.7. The number of hydrogen-bond donors (Lipinski definition) is 0. The molecule has 0 aliphatic carbocycles. The van der Waals surface area contributed by atoms with Crippen molar-refractivity contribution < 1.29 is 22.6 Å². The summed E-state index contributed by atoms with van der Waals surface area (Å²) in [7, 11) is 0. The second-order valence-corrected chi connectivity index (χ2v) is 5.72. The molecule has 0 radical (unpaired) electrons. The van der Waals surface area contributed by atoms with Crippen LogP contribution in [0.4, 0.5) is 13.2 Å². The highest BCUT2D eigenvalue weighted by Crippen LogP contribution is 2.38. The van der Waals surface area contributed by atoms with Gasteiger partial charge in [-0.25, -0.2) is 0 Å². The van der Waals surface area contributed by atoms with E-state index in [1.54, 1.807) is 12.1 Å². The Hall–Kier alpha value is -2.15. The van der Waals surface area contributed by atoms with Crippen LogP contribution in [-0.2, 0) is 12.7 Å². The second-order valence-electron chi connectivity index (χ2n) is 5.31. The molecule has 24 heavy (non-hydrogen) atoms. The number of nitrogens with zero attached hydrogens (tertiary/aromatic N) is 1. The van der Waals surface area contributed by atoms with Gasteiger partial charge in [0.05, 0.1) is 24.8 Å². The Morgan fingerprint density at radius 2 is 1.96 bits per heavy atom. The summed E-state index contributed by atoms with van der Waals surface area (Å²) in [5.41, 5.74) is -1.76. The summed E-state index contributed by atoms with van der Waals surface area (Å²) >= 11 is 6.16. The minimum Gasteiger partial charge on any atom is -0.489 e. The van der Waals surface area contributed by atoms with Crippen LogP contribution in [0.1, 0.15) is 17.5 Å². The number of hydrogen-bond acceptors (Lipinski definition) is 3. The molecule has 2 heterocycles. The summed E-state index contributed by atoms with van der Waals surface area (Å²) in [4.78, 5) is 12.0. The zero-order valence-corrected chi connectivity index (χ0v) is 13.2. The summed E-state index contributed by atoms with van der Waals surface area (Å²) in [5, 5.41) is 0.296. The number of fused-ring (bicyclic) bond motifs is 1. The van der Waals surface area contributed by atoms with Crippen molar-refractivity contribution in [2.24, 2.45) is 0 Å². The van der Waals surface area contributed by atoms with Gasteiger partial charge >= 0.3 is 6.18 Å². The first-order valence-electron chi connectivity index (χ1n) is 7.21. The van der Waals surface area contributed by atoms with E-state index < -0.39 is 17.3 Å². The largest absolute Gasteiger partial charge is 0.489 e. The number of halogens is 4. The molecule has 128 valence electrons. The lowest BCUT2D eigenvalue weighted by atomic mass is 10.2. The van der Waals surface area contributed by atoms with Gasteiger partial charge in [-0.15, -0.1) is 0 Å². The molecule has 0 saturated carbocycles. The first-order valence-corrected chi connectivity index (χ1v) is 7.59. The topological polar surface area (TPSA) is 40.5 Å². The third-order valence-electron chi connectivity index (χ3n) is 3.54. The van der Waals surface area contributed by atoms with Gasteiger partial charge in [0.1, 0.15) is 5.56 Å². The number of pyridine rings is 1. The highest BCUT2D eigenvalue weighted by Gasteiger charge is 2.34. The van der Waals surface area contributed by atoms with E-state index in [-0.39, 0.29) is 6.54 Å². The molecule has 1 aliphatic rings. The van der Waals surface area contributed by atoms with Crippen molar-refractivity contribution in [1.82, 2.24) is 4.57 Å². The van der Waals surface area contributed by atoms with Gasteiger partial charge in [-0.2, -0.15) is 13.2 Å². The van der Waals surface area contributed by atoms with Crippen molar-refractivity contribution in [3.63, 3.8) is 0 Å². The zero-order valence-electron chi connectivity index (χ0n) is 12.4. The van der Waals surface area contributed by atoms with E-state index in [2.05, 4.69) is 0 Å². The molecule has 0 atom stereocenters. The van der Waals surface area contributed by atoms with Crippen LogP contribution in [0.2, 0.25) is 5.02 Å². The fourth-order valence-corrected chi connectivity index (χ4v) is 2.74. The Balaban J connectivity index is 1.97. The summed E-state index contributed by atoms with van der Waals surface area (Å²) in [6.45, 7) is 0.870. The van der Waals surface area contributed by atoms with Crippen LogP contribution in [0, 0.1) is 0 Å². The SMILES string of the molecule is O=c1c(C(F)(F)F)cccn1Cc1cc(Cl)c2c(c1)OCCCO2. The lowest BCUT2D eigenvalue weighted by molar-refractivity contribution is -0.138. The van der Waals surface area contributed by atoms with Gasteiger partial charge in [0.2, 0.25) is 0 Å². The van der Waals surface area contributed by atoms with Crippen molar-refractivity contribution in [2.45, 2.75) is 19.1 Å². The molecule has 1 aromatic carbocycles. The van der Waals surface area contributed by atoms with Gasteiger partial charge in [-0.05, 0) is 29.8 Å². The van der Waals surface area contributed by atoms with E-state index >= 15 is 0 Å². The van der Waals surface area contributed by atoms with E-state index in [1.807, 2.05) is 0 Å². The molecule has 1 aliphatic heterocycles. The molecule has 0 spiro atoms. The van der Waals surface area contributed by atoms with Crippen molar-refractivity contribution in [2.75, 3.05) is 13.2 Å². The molecule has 0 unspecified atom stereocenters. The molecular weight excluding hydrogens is 347 g/mol. The monoisotopic (exact) mass is 359 g/mol. The number of ether oxygens (including phenoxy) is 2. The highest BCUT2D eigenvalue weighted by molar-refractivity contribution is 6.32. The molecule has 0 bridgehead atoms. The van der Waals surface area contributed by atoms with Gasteiger partial charge in [0, 0.05) is 12.6 Å². The molecule has 3 rings (SSSR count).